The normalized spacial score (nSPS) is 11.2. The van der Waals surface area contributed by atoms with Crippen LogP contribution in [0.3, 0.4) is 0 Å². The average Bonchev–Trinajstić information content (AvgIpc) is 2.44. The van der Waals surface area contributed by atoms with Crippen molar-refractivity contribution in [2.24, 2.45) is 0 Å². The summed E-state index contributed by atoms with van der Waals surface area (Å²) in [6.07, 6.45) is 4.65. The predicted molar refractivity (Wildman–Crippen MR) is 88.8 cm³/mol. The molecular weight excluding hydrogens is 260 g/mol. The summed E-state index contributed by atoms with van der Waals surface area (Å²) < 4.78 is 0. The van der Waals surface area contributed by atoms with E-state index in [0.29, 0.717) is 0 Å². The van der Waals surface area contributed by atoms with E-state index >= 15 is 0 Å². The third-order valence-electron chi connectivity index (χ3n) is 3.11. The van der Waals surface area contributed by atoms with Crippen molar-refractivity contribution in [2.75, 3.05) is 23.8 Å². The highest BCUT2D eigenvalue weighted by Gasteiger charge is 2.11. The number of hydrogen-bond acceptors (Lipinski definition) is 4. The molecule has 0 atom stereocenters. The molecule has 0 fully saturated rings. The maximum absolute atomic E-state index is 4.67. The number of likely N-dealkylation sites (N-methyl/N-ethyl adjacent to an activating group) is 1. The zero-order valence-electron chi connectivity index (χ0n) is 13.3. The smallest absolute Gasteiger partial charge is 0.130 e. The van der Waals surface area contributed by atoms with Gasteiger partial charge < -0.3 is 10.2 Å². The van der Waals surface area contributed by atoms with Gasteiger partial charge in [0, 0.05) is 31.5 Å². The Morgan fingerprint density at radius 3 is 2.48 bits per heavy atom. The summed E-state index contributed by atoms with van der Waals surface area (Å²) >= 11 is 0. The van der Waals surface area contributed by atoms with Crippen molar-refractivity contribution >= 4 is 11.6 Å². The van der Waals surface area contributed by atoms with Crippen LogP contribution in [0.2, 0.25) is 0 Å². The minimum Gasteiger partial charge on any atom is -0.365 e. The second-order valence-electron chi connectivity index (χ2n) is 6.28. The Morgan fingerprint density at radius 2 is 1.81 bits per heavy atom. The van der Waals surface area contributed by atoms with Gasteiger partial charge in [-0.1, -0.05) is 6.07 Å². The third kappa shape index (κ3) is 5.06. The van der Waals surface area contributed by atoms with Gasteiger partial charge in [0.05, 0.1) is 0 Å². The largest absolute Gasteiger partial charge is 0.365 e. The summed E-state index contributed by atoms with van der Waals surface area (Å²) in [5.74, 6) is 1.90. The van der Waals surface area contributed by atoms with Crippen molar-refractivity contribution in [1.82, 2.24) is 9.97 Å². The monoisotopic (exact) mass is 284 g/mol. The zero-order valence-corrected chi connectivity index (χ0v) is 13.3. The van der Waals surface area contributed by atoms with Gasteiger partial charge >= 0.3 is 0 Å². The van der Waals surface area contributed by atoms with Crippen LogP contribution in [0.4, 0.5) is 11.6 Å². The van der Waals surface area contributed by atoms with Crippen LogP contribution in [0.15, 0.2) is 42.7 Å². The fourth-order valence-corrected chi connectivity index (χ4v) is 2.05. The van der Waals surface area contributed by atoms with Crippen molar-refractivity contribution < 1.29 is 0 Å². The van der Waals surface area contributed by atoms with E-state index in [1.807, 2.05) is 30.6 Å². The van der Waals surface area contributed by atoms with Gasteiger partial charge in [0.25, 0.3) is 0 Å². The summed E-state index contributed by atoms with van der Waals surface area (Å²) in [6, 6.07) is 10.2. The number of hydrogen-bond donors (Lipinski definition) is 1. The van der Waals surface area contributed by atoms with Crippen molar-refractivity contribution in [3.05, 3.63) is 48.3 Å². The molecule has 112 valence electrons. The zero-order chi connectivity index (χ0) is 15.3. The Hall–Kier alpha value is -2.10. The van der Waals surface area contributed by atoms with Crippen LogP contribution < -0.4 is 10.2 Å². The fraction of sp³-hybridized carbons (Fsp3) is 0.412. The standard InChI is InChI=1S/C17H24N4/c1-17(2,3)20-15-6-5-7-16(19-15)21(4)13-10-14-8-11-18-12-9-14/h5-9,11-12H,10,13H2,1-4H3,(H,19,20). The molecule has 2 rings (SSSR count). The van der Waals surface area contributed by atoms with Crippen LogP contribution in [-0.4, -0.2) is 29.1 Å². The Bertz CT molecular complexity index is 561. The lowest BCUT2D eigenvalue weighted by molar-refractivity contribution is 0.630. The van der Waals surface area contributed by atoms with Gasteiger partial charge in [0.15, 0.2) is 0 Å². The molecule has 0 aliphatic carbocycles. The van der Waals surface area contributed by atoms with E-state index in [-0.39, 0.29) is 5.54 Å². The van der Waals surface area contributed by atoms with Gasteiger partial charge in [0.2, 0.25) is 0 Å². The predicted octanol–water partition coefficient (Wildman–Crippen LogP) is 3.37. The van der Waals surface area contributed by atoms with Gasteiger partial charge in [0.1, 0.15) is 11.6 Å². The first-order valence-corrected chi connectivity index (χ1v) is 7.29. The Kier molecular flexibility index (Phi) is 4.78. The second kappa shape index (κ2) is 6.57. The van der Waals surface area contributed by atoms with E-state index in [2.05, 4.69) is 60.1 Å². The highest BCUT2D eigenvalue weighted by Crippen LogP contribution is 2.17. The lowest BCUT2D eigenvalue weighted by Gasteiger charge is -2.23. The van der Waals surface area contributed by atoms with E-state index in [1.54, 1.807) is 0 Å². The van der Waals surface area contributed by atoms with E-state index in [9.17, 15) is 0 Å². The fourth-order valence-electron chi connectivity index (χ4n) is 2.05. The molecule has 0 saturated carbocycles. The molecule has 21 heavy (non-hydrogen) atoms. The highest BCUT2D eigenvalue weighted by molar-refractivity contribution is 5.47. The summed E-state index contributed by atoms with van der Waals surface area (Å²) in [6.45, 7) is 7.33. The summed E-state index contributed by atoms with van der Waals surface area (Å²) in [4.78, 5) is 10.9. The van der Waals surface area contributed by atoms with Crippen molar-refractivity contribution in [1.29, 1.82) is 0 Å². The molecule has 0 spiro atoms. The maximum atomic E-state index is 4.67. The lowest BCUT2D eigenvalue weighted by atomic mass is 10.1. The van der Waals surface area contributed by atoms with Crippen molar-refractivity contribution in [3.8, 4) is 0 Å². The number of rotatable bonds is 5. The molecule has 0 saturated heterocycles. The van der Waals surface area contributed by atoms with Gasteiger partial charge in [-0.25, -0.2) is 4.98 Å². The topological polar surface area (TPSA) is 41.1 Å². The highest BCUT2D eigenvalue weighted by atomic mass is 15.2. The van der Waals surface area contributed by atoms with Crippen LogP contribution in [0.1, 0.15) is 26.3 Å². The molecule has 1 N–H and O–H groups in total. The number of nitrogens with zero attached hydrogens (tertiary/aromatic N) is 3. The molecule has 2 aromatic rings. The molecule has 0 aromatic carbocycles. The van der Waals surface area contributed by atoms with Crippen LogP contribution >= 0.6 is 0 Å². The van der Waals surface area contributed by atoms with E-state index < -0.39 is 0 Å². The molecule has 0 aliphatic heterocycles. The minimum absolute atomic E-state index is 0.0151. The molecule has 0 unspecified atom stereocenters. The van der Waals surface area contributed by atoms with Crippen LogP contribution in [0.5, 0.6) is 0 Å². The first-order chi connectivity index (χ1) is 9.94. The summed E-state index contributed by atoms with van der Waals surface area (Å²) in [7, 11) is 2.07. The third-order valence-corrected chi connectivity index (χ3v) is 3.11. The first-order valence-electron chi connectivity index (χ1n) is 7.29. The number of anilines is 2. The Labute approximate surface area is 127 Å². The SMILES string of the molecule is CN(CCc1ccncc1)c1cccc(NC(C)(C)C)n1. The maximum Gasteiger partial charge on any atom is 0.130 e. The van der Waals surface area contributed by atoms with Gasteiger partial charge in [-0.2, -0.15) is 0 Å². The quantitative estimate of drug-likeness (QED) is 0.914. The van der Waals surface area contributed by atoms with Gasteiger partial charge in [-0.3, -0.25) is 4.98 Å². The molecule has 2 heterocycles. The van der Waals surface area contributed by atoms with E-state index in [1.165, 1.54) is 5.56 Å². The molecule has 4 heteroatoms. The van der Waals surface area contributed by atoms with E-state index in [4.69, 9.17) is 0 Å². The number of pyridine rings is 2. The second-order valence-corrected chi connectivity index (χ2v) is 6.28. The summed E-state index contributed by atoms with van der Waals surface area (Å²) in [5, 5.41) is 3.40. The molecular formula is C17H24N4. The molecule has 2 aromatic heterocycles. The van der Waals surface area contributed by atoms with Gasteiger partial charge in [-0.15, -0.1) is 0 Å². The molecule has 0 amide bonds. The van der Waals surface area contributed by atoms with E-state index in [0.717, 1.165) is 24.6 Å². The molecule has 0 radical (unpaired) electrons. The molecule has 0 bridgehead atoms. The minimum atomic E-state index is 0.0151. The van der Waals surface area contributed by atoms with Crippen LogP contribution in [0.25, 0.3) is 0 Å². The Balaban J connectivity index is 1.99. The first kappa shape index (κ1) is 15.3. The van der Waals surface area contributed by atoms with Crippen LogP contribution in [0, 0.1) is 0 Å². The number of aromatic nitrogens is 2. The Morgan fingerprint density at radius 1 is 1.10 bits per heavy atom. The molecule has 4 nitrogen and oxygen atoms in total. The lowest BCUT2D eigenvalue weighted by Crippen LogP contribution is -2.27. The van der Waals surface area contributed by atoms with Gasteiger partial charge in [-0.05, 0) is 57.0 Å². The van der Waals surface area contributed by atoms with Crippen LogP contribution in [-0.2, 0) is 6.42 Å². The average molecular weight is 284 g/mol. The summed E-state index contributed by atoms with van der Waals surface area (Å²) in [5.41, 5.74) is 1.31. The van der Waals surface area contributed by atoms with Crippen molar-refractivity contribution in [3.63, 3.8) is 0 Å². The number of nitrogens with one attached hydrogen (secondary N) is 1. The van der Waals surface area contributed by atoms with Crippen molar-refractivity contribution in [2.45, 2.75) is 32.7 Å². The molecule has 0 aliphatic rings.